The van der Waals surface area contributed by atoms with Crippen molar-refractivity contribution >= 4 is 0 Å². The van der Waals surface area contributed by atoms with Gasteiger partial charge in [-0.05, 0) is 25.9 Å². The third kappa shape index (κ3) is 3.25. The van der Waals surface area contributed by atoms with Gasteiger partial charge in [0, 0.05) is 0 Å². The third-order valence-corrected chi connectivity index (χ3v) is 2.38. The van der Waals surface area contributed by atoms with E-state index in [1.54, 1.807) is 0 Å². The molecule has 1 aliphatic heterocycles. The molecule has 0 aromatic heterocycles. The lowest BCUT2D eigenvalue weighted by Gasteiger charge is -2.36. The number of hydrogen-bond acceptors (Lipinski definition) is 1. The van der Waals surface area contributed by atoms with Crippen LogP contribution >= 0.6 is 0 Å². The van der Waals surface area contributed by atoms with E-state index in [-0.39, 0.29) is 13.1 Å². The molecule has 1 aliphatic rings. The largest absolute Gasteiger partial charge is 0.412 e. The first-order valence-corrected chi connectivity index (χ1v) is 4.60. The lowest BCUT2D eigenvalue weighted by atomic mass is 10.1. The molecule has 0 aromatic rings. The van der Waals surface area contributed by atoms with Gasteiger partial charge in [-0.3, -0.25) is 4.90 Å². The van der Waals surface area contributed by atoms with Crippen molar-refractivity contribution in [3.63, 3.8) is 0 Å². The lowest BCUT2D eigenvalue weighted by molar-refractivity contribution is -0.288. The minimum atomic E-state index is -5.24. The maximum atomic E-state index is 12.2. The molecule has 0 bridgehead atoms. The van der Waals surface area contributed by atoms with E-state index in [9.17, 15) is 26.3 Å². The molecule has 0 radical (unpaired) electrons. The van der Waals surface area contributed by atoms with Crippen molar-refractivity contribution in [3.05, 3.63) is 0 Å². The molecule has 0 aliphatic carbocycles. The second-order valence-electron chi connectivity index (χ2n) is 3.58. The van der Waals surface area contributed by atoms with E-state index in [1.165, 1.54) is 0 Å². The second-order valence-corrected chi connectivity index (χ2v) is 3.58. The zero-order valence-electron chi connectivity index (χ0n) is 7.83. The standard InChI is InChI=1S/C8H11F6N/c9-7(10,11)6(8(12,13)14)15-4-2-1-3-5-15/h6H,1-5H2. The van der Waals surface area contributed by atoms with Gasteiger partial charge in [-0.15, -0.1) is 0 Å². The van der Waals surface area contributed by atoms with E-state index in [4.69, 9.17) is 0 Å². The molecule has 0 unspecified atom stereocenters. The van der Waals surface area contributed by atoms with Gasteiger partial charge < -0.3 is 0 Å². The number of alkyl halides is 6. The summed E-state index contributed by atoms with van der Waals surface area (Å²) in [4.78, 5) is 0.476. The summed E-state index contributed by atoms with van der Waals surface area (Å²) in [5.74, 6) is 0. The van der Waals surface area contributed by atoms with E-state index in [0.29, 0.717) is 24.2 Å². The zero-order valence-corrected chi connectivity index (χ0v) is 7.83. The number of likely N-dealkylation sites (tertiary alicyclic amines) is 1. The van der Waals surface area contributed by atoms with E-state index < -0.39 is 18.4 Å². The molecule has 7 heteroatoms. The number of piperidine rings is 1. The molecule has 0 amide bonds. The molecule has 1 saturated heterocycles. The Morgan fingerprint density at radius 3 is 1.47 bits per heavy atom. The summed E-state index contributed by atoms with van der Waals surface area (Å²) in [5, 5.41) is 0. The first-order valence-electron chi connectivity index (χ1n) is 4.60. The van der Waals surface area contributed by atoms with E-state index in [2.05, 4.69) is 0 Å². The van der Waals surface area contributed by atoms with Crippen molar-refractivity contribution in [1.82, 2.24) is 4.90 Å². The monoisotopic (exact) mass is 235 g/mol. The maximum Gasteiger partial charge on any atom is 0.412 e. The Morgan fingerprint density at radius 2 is 1.13 bits per heavy atom. The van der Waals surface area contributed by atoms with Gasteiger partial charge in [0.15, 0.2) is 0 Å². The fourth-order valence-corrected chi connectivity index (χ4v) is 1.78. The van der Waals surface area contributed by atoms with Crippen LogP contribution in [0.4, 0.5) is 26.3 Å². The number of nitrogens with zero attached hydrogens (tertiary/aromatic N) is 1. The number of halogens is 6. The Hall–Kier alpha value is -0.460. The maximum absolute atomic E-state index is 12.2. The summed E-state index contributed by atoms with van der Waals surface area (Å²) in [7, 11) is 0. The molecule has 1 fully saturated rings. The van der Waals surface area contributed by atoms with Crippen molar-refractivity contribution in [1.29, 1.82) is 0 Å². The second kappa shape index (κ2) is 4.19. The molecule has 1 nitrogen and oxygen atoms in total. The molecule has 0 atom stereocenters. The number of hydrogen-bond donors (Lipinski definition) is 0. The highest BCUT2D eigenvalue weighted by atomic mass is 19.4. The highest BCUT2D eigenvalue weighted by Gasteiger charge is 2.59. The van der Waals surface area contributed by atoms with Gasteiger partial charge in [-0.2, -0.15) is 26.3 Å². The zero-order chi connectivity index (χ0) is 11.7. The van der Waals surface area contributed by atoms with Crippen molar-refractivity contribution < 1.29 is 26.3 Å². The van der Waals surface area contributed by atoms with Crippen LogP contribution in [-0.2, 0) is 0 Å². The van der Waals surface area contributed by atoms with Crippen LogP contribution in [0.15, 0.2) is 0 Å². The molecule has 0 spiro atoms. The summed E-state index contributed by atoms with van der Waals surface area (Å²) >= 11 is 0. The average Bonchev–Trinajstić information content (AvgIpc) is 2.00. The van der Waals surface area contributed by atoms with Gasteiger partial charge in [-0.25, -0.2) is 0 Å². The topological polar surface area (TPSA) is 3.24 Å². The molecular weight excluding hydrogens is 224 g/mol. The Bertz CT molecular complexity index is 188. The molecule has 0 saturated carbocycles. The molecule has 90 valence electrons. The van der Waals surface area contributed by atoms with Crippen LogP contribution in [0.5, 0.6) is 0 Å². The molecule has 0 N–H and O–H groups in total. The SMILES string of the molecule is FC(F)(F)C(N1CCCCC1)C(F)(F)F. The van der Waals surface area contributed by atoms with Gasteiger partial charge in [0.05, 0.1) is 0 Å². The van der Waals surface area contributed by atoms with Crippen molar-refractivity contribution in [2.45, 2.75) is 37.7 Å². The summed E-state index contributed by atoms with van der Waals surface area (Å²) in [6.45, 7) is -0.270. The van der Waals surface area contributed by atoms with Gasteiger partial charge in [0.25, 0.3) is 0 Å². The van der Waals surface area contributed by atoms with Crippen LogP contribution in [0.2, 0.25) is 0 Å². The predicted molar refractivity (Wildman–Crippen MR) is 41.3 cm³/mol. The average molecular weight is 235 g/mol. The first kappa shape index (κ1) is 12.6. The number of rotatable bonds is 1. The van der Waals surface area contributed by atoms with Crippen molar-refractivity contribution in [2.75, 3.05) is 13.1 Å². The normalized spacial score (nSPS) is 21.0. The molecule has 1 heterocycles. The Balaban J connectivity index is 2.80. The quantitative estimate of drug-likeness (QED) is 0.631. The minimum absolute atomic E-state index is 0.135. The summed E-state index contributed by atoms with van der Waals surface area (Å²) in [6, 6.07) is -3.30. The Morgan fingerprint density at radius 1 is 0.733 bits per heavy atom. The fourth-order valence-electron chi connectivity index (χ4n) is 1.78. The third-order valence-electron chi connectivity index (χ3n) is 2.38. The van der Waals surface area contributed by atoms with E-state index in [1.807, 2.05) is 0 Å². The van der Waals surface area contributed by atoms with Crippen molar-refractivity contribution in [3.8, 4) is 0 Å². The highest BCUT2D eigenvalue weighted by Crippen LogP contribution is 2.38. The van der Waals surface area contributed by atoms with Gasteiger partial charge in [0.1, 0.15) is 0 Å². The summed E-state index contributed by atoms with van der Waals surface area (Å²) in [5.41, 5.74) is 0. The van der Waals surface area contributed by atoms with Crippen molar-refractivity contribution in [2.24, 2.45) is 0 Å². The minimum Gasteiger partial charge on any atom is -0.285 e. The van der Waals surface area contributed by atoms with Crippen LogP contribution in [0, 0.1) is 0 Å². The smallest absolute Gasteiger partial charge is 0.285 e. The molecule has 15 heavy (non-hydrogen) atoms. The molecule has 0 aromatic carbocycles. The van der Waals surface area contributed by atoms with Gasteiger partial charge in [0.2, 0.25) is 6.04 Å². The Kier molecular flexibility index (Phi) is 3.52. The fraction of sp³-hybridized carbons (Fsp3) is 1.00. The van der Waals surface area contributed by atoms with Gasteiger partial charge >= 0.3 is 12.4 Å². The van der Waals surface area contributed by atoms with Crippen LogP contribution in [0.25, 0.3) is 0 Å². The highest BCUT2D eigenvalue weighted by molar-refractivity contribution is 4.86. The van der Waals surface area contributed by atoms with Crippen LogP contribution < -0.4 is 0 Å². The molecular formula is C8H11F6N. The van der Waals surface area contributed by atoms with E-state index in [0.717, 1.165) is 0 Å². The van der Waals surface area contributed by atoms with Crippen LogP contribution in [0.1, 0.15) is 19.3 Å². The first-order chi connectivity index (χ1) is 6.73. The van der Waals surface area contributed by atoms with Crippen LogP contribution in [-0.4, -0.2) is 36.4 Å². The summed E-state index contributed by atoms with van der Waals surface area (Å²) in [6.07, 6.45) is -9.00. The molecule has 1 rings (SSSR count). The predicted octanol–water partition coefficient (Wildman–Crippen LogP) is 2.97. The lowest BCUT2D eigenvalue weighted by Crippen LogP contribution is -2.56. The van der Waals surface area contributed by atoms with E-state index >= 15 is 0 Å². The Labute approximate surface area is 83.0 Å². The van der Waals surface area contributed by atoms with Crippen LogP contribution in [0.3, 0.4) is 0 Å². The van der Waals surface area contributed by atoms with Gasteiger partial charge in [-0.1, -0.05) is 6.42 Å². The summed E-state index contributed by atoms with van der Waals surface area (Å²) < 4.78 is 73.4.